The highest BCUT2D eigenvalue weighted by Gasteiger charge is 2.19. The molecule has 0 fully saturated rings. The summed E-state index contributed by atoms with van der Waals surface area (Å²) in [6.45, 7) is 1.79. The average molecular weight is 234 g/mol. The van der Waals surface area contributed by atoms with Crippen LogP contribution in [0.4, 0.5) is 0 Å². The molecule has 4 nitrogen and oxygen atoms in total. The molecule has 0 aliphatic carbocycles. The monoisotopic (exact) mass is 234 g/mol. The predicted molar refractivity (Wildman–Crippen MR) is 68.1 cm³/mol. The van der Waals surface area contributed by atoms with E-state index in [0.717, 1.165) is 22.3 Å². The number of fused-ring (bicyclic) bond motifs is 1. The molecule has 1 heterocycles. The molecule has 0 amide bonds. The van der Waals surface area contributed by atoms with Crippen LogP contribution in [0, 0.1) is 0 Å². The lowest BCUT2D eigenvalue weighted by molar-refractivity contribution is 0.146. The first kappa shape index (κ1) is 12.0. The first-order valence-corrected chi connectivity index (χ1v) is 5.62. The number of aliphatic hydroxyl groups is 1. The molecule has 0 radical (unpaired) electrons. The Hall–Kier alpha value is -1.52. The fourth-order valence-corrected chi connectivity index (χ4v) is 2.12. The molecule has 0 saturated carbocycles. The van der Waals surface area contributed by atoms with Gasteiger partial charge in [0, 0.05) is 24.2 Å². The van der Waals surface area contributed by atoms with E-state index in [0.29, 0.717) is 0 Å². The summed E-state index contributed by atoms with van der Waals surface area (Å²) >= 11 is 0. The van der Waals surface area contributed by atoms with Crippen LogP contribution in [0.2, 0.25) is 0 Å². The van der Waals surface area contributed by atoms with Gasteiger partial charge >= 0.3 is 0 Å². The number of benzene rings is 1. The van der Waals surface area contributed by atoms with Crippen LogP contribution in [0.25, 0.3) is 10.9 Å². The molecule has 0 bridgehead atoms. The lowest BCUT2D eigenvalue weighted by Gasteiger charge is -2.16. The maximum Gasteiger partial charge on any atom is 0.143 e. The maximum atomic E-state index is 10.1. The fourth-order valence-electron chi connectivity index (χ4n) is 2.12. The Bertz CT molecular complexity index is 531. The summed E-state index contributed by atoms with van der Waals surface area (Å²) in [5.41, 5.74) is 7.52. The molecule has 0 saturated heterocycles. The van der Waals surface area contributed by atoms with E-state index < -0.39 is 6.10 Å². The second-order valence-electron chi connectivity index (χ2n) is 4.33. The van der Waals surface area contributed by atoms with E-state index in [1.54, 1.807) is 14.0 Å². The number of para-hydroxylation sites is 1. The van der Waals surface area contributed by atoms with Crippen LogP contribution in [0.3, 0.4) is 0 Å². The molecule has 17 heavy (non-hydrogen) atoms. The summed E-state index contributed by atoms with van der Waals surface area (Å²) in [6, 6.07) is 7.48. The standard InChI is InChI=1S/C13H18N2O2/c1-8(14)13(16)10-7-9-5-4-6-11(17-3)12(9)15(10)2/h4-8,13,16H,14H2,1-3H3. The van der Waals surface area contributed by atoms with Gasteiger partial charge in [-0.2, -0.15) is 0 Å². The van der Waals surface area contributed by atoms with Crippen molar-refractivity contribution in [2.24, 2.45) is 12.8 Å². The van der Waals surface area contributed by atoms with Crippen molar-refractivity contribution in [2.45, 2.75) is 19.1 Å². The molecule has 1 aromatic heterocycles. The number of hydrogen-bond donors (Lipinski definition) is 2. The Kier molecular flexibility index (Phi) is 3.09. The van der Waals surface area contributed by atoms with Crippen LogP contribution in [0.5, 0.6) is 5.75 Å². The van der Waals surface area contributed by atoms with Crippen molar-refractivity contribution < 1.29 is 9.84 Å². The van der Waals surface area contributed by atoms with Gasteiger partial charge in [0.1, 0.15) is 11.9 Å². The third-order valence-corrected chi connectivity index (χ3v) is 3.08. The third kappa shape index (κ3) is 1.90. The highest BCUT2D eigenvalue weighted by atomic mass is 16.5. The number of aromatic nitrogens is 1. The molecule has 2 aromatic rings. The minimum Gasteiger partial charge on any atom is -0.495 e. The Morgan fingerprint density at radius 2 is 2.12 bits per heavy atom. The van der Waals surface area contributed by atoms with E-state index in [1.807, 2.05) is 35.9 Å². The van der Waals surface area contributed by atoms with E-state index in [4.69, 9.17) is 10.5 Å². The quantitative estimate of drug-likeness (QED) is 0.847. The maximum absolute atomic E-state index is 10.1. The third-order valence-electron chi connectivity index (χ3n) is 3.08. The minimum atomic E-state index is -0.669. The Labute approximate surface area is 101 Å². The number of hydrogen-bond acceptors (Lipinski definition) is 3. The van der Waals surface area contributed by atoms with Crippen molar-refractivity contribution in [3.8, 4) is 5.75 Å². The number of aliphatic hydroxyl groups excluding tert-OH is 1. The first-order valence-electron chi connectivity index (χ1n) is 5.62. The van der Waals surface area contributed by atoms with E-state index in [-0.39, 0.29) is 6.04 Å². The van der Waals surface area contributed by atoms with Gasteiger partial charge in [-0.1, -0.05) is 12.1 Å². The number of methoxy groups -OCH3 is 1. The zero-order valence-corrected chi connectivity index (χ0v) is 10.3. The van der Waals surface area contributed by atoms with Crippen LogP contribution >= 0.6 is 0 Å². The van der Waals surface area contributed by atoms with Crippen molar-refractivity contribution in [3.05, 3.63) is 30.0 Å². The number of nitrogens with zero attached hydrogens (tertiary/aromatic N) is 1. The lowest BCUT2D eigenvalue weighted by Crippen LogP contribution is -2.25. The second-order valence-corrected chi connectivity index (χ2v) is 4.33. The summed E-state index contributed by atoms with van der Waals surface area (Å²) in [5.74, 6) is 0.799. The summed E-state index contributed by atoms with van der Waals surface area (Å²) < 4.78 is 7.26. The Morgan fingerprint density at radius 1 is 1.41 bits per heavy atom. The molecule has 3 N–H and O–H groups in total. The van der Waals surface area contributed by atoms with Gasteiger partial charge < -0.3 is 20.1 Å². The van der Waals surface area contributed by atoms with Gasteiger partial charge in [0.2, 0.25) is 0 Å². The van der Waals surface area contributed by atoms with Gasteiger partial charge in [0.05, 0.1) is 12.6 Å². The van der Waals surface area contributed by atoms with E-state index in [1.165, 1.54) is 0 Å². The number of aryl methyl sites for hydroxylation is 1. The molecule has 2 unspecified atom stereocenters. The zero-order valence-electron chi connectivity index (χ0n) is 10.3. The number of nitrogens with two attached hydrogens (primary N) is 1. The van der Waals surface area contributed by atoms with Crippen LogP contribution in [0.1, 0.15) is 18.7 Å². The van der Waals surface area contributed by atoms with Crippen molar-refractivity contribution >= 4 is 10.9 Å². The second kappa shape index (κ2) is 4.39. The normalized spacial score (nSPS) is 14.9. The highest BCUT2D eigenvalue weighted by Crippen LogP contribution is 2.30. The molecule has 0 aliphatic heterocycles. The van der Waals surface area contributed by atoms with Gasteiger partial charge in [-0.3, -0.25) is 0 Å². The Balaban J connectivity index is 2.65. The van der Waals surface area contributed by atoms with Crippen LogP contribution in [0.15, 0.2) is 24.3 Å². The average Bonchev–Trinajstić information content (AvgIpc) is 2.65. The van der Waals surface area contributed by atoms with E-state index in [2.05, 4.69) is 0 Å². The van der Waals surface area contributed by atoms with E-state index >= 15 is 0 Å². The molecule has 4 heteroatoms. The molecule has 2 atom stereocenters. The molecule has 1 aromatic carbocycles. The van der Waals surface area contributed by atoms with Crippen molar-refractivity contribution in [1.29, 1.82) is 0 Å². The van der Waals surface area contributed by atoms with Crippen LogP contribution < -0.4 is 10.5 Å². The van der Waals surface area contributed by atoms with Gasteiger partial charge in [-0.15, -0.1) is 0 Å². The number of ether oxygens (including phenoxy) is 1. The summed E-state index contributed by atoms with van der Waals surface area (Å²) in [6.07, 6.45) is -0.669. The van der Waals surface area contributed by atoms with Crippen molar-refractivity contribution in [2.75, 3.05) is 7.11 Å². The molecule has 2 rings (SSSR count). The van der Waals surface area contributed by atoms with Gasteiger partial charge in [-0.25, -0.2) is 0 Å². The van der Waals surface area contributed by atoms with E-state index in [9.17, 15) is 5.11 Å². The topological polar surface area (TPSA) is 60.4 Å². The lowest BCUT2D eigenvalue weighted by atomic mass is 10.1. The molecular weight excluding hydrogens is 216 g/mol. The largest absolute Gasteiger partial charge is 0.495 e. The van der Waals surface area contributed by atoms with Gasteiger partial charge in [0.25, 0.3) is 0 Å². The van der Waals surface area contributed by atoms with Gasteiger partial charge in [-0.05, 0) is 19.1 Å². The molecule has 92 valence electrons. The van der Waals surface area contributed by atoms with Crippen molar-refractivity contribution in [1.82, 2.24) is 4.57 Å². The SMILES string of the molecule is COc1cccc2cc(C(O)C(C)N)n(C)c12. The summed E-state index contributed by atoms with van der Waals surface area (Å²) in [5, 5.41) is 11.1. The molecule has 0 spiro atoms. The minimum absolute atomic E-state index is 0.302. The Morgan fingerprint density at radius 3 is 2.71 bits per heavy atom. The summed E-state index contributed by atoms with van der Waals surface area (Å²) in [7, 11) is 3.55. The van der Waals surface area contributed by atoms with Gasteiger partial charge in [0.15, 0.2) is 0 Å². The number of rotatable bonds is 3. The van der Waals surface area contributed by atoms with Crippen molar-refractivity contribution in [3.63, 3.8) is 0 Å². The summed E-state index contributed by atoms with van der Waals surface area (Å²) in [4.78, 5) is 0. The fraction of sp³-hybridized carbons (Fsp3) is 0.385. The highest BCUT2D eigenvalue weighted by molar-refractivity contribution is 5.87. The van der Waals surface area contributed by atoms with Crippen LogP contribution in [-0.2, 0) is 7.05 Å². The zero-order chi connectivity index (χ0) is 12.6. The first-order chi connectivity index (χ1) is 8.06. The molecular formula is C13H18N2O2. The smallest absolute Gasteiger partial charge is 0.143 e. The van der Waals surface area contributed by atoms with Crippen LogP contribution in [-0.4, -0.2) is 22.8 Å². The predicted octanol–water partition coefficient (Wildman–Crippen LogP) is 1.57. The molecule has 0 aliphatic rings.